The zero-order chi connectivity index (χ0) is 12.4. The lowest BCUT2D eigenvalue weighted by Crippen LogP contribution is -2.28. The molecule has 1 amide bonds. The van der Waals surface area contributed by atoms with Crippen molar-refractivity contribution in [3.8, 4) is 0 Å². The van der Waals surface area contributed by atoms with Crippen LogP contribution in [0.3, 0.4) is 0 Å². The van der Waals surface area contributed by atoms with Gasteiger partial charge in [-0.2, -0.15) is 0 Å². The molecule has 1 aliphatic heterocycles. The van der Waals surface area contributed by atoms with E-state index in [4.69, 9.17) is 5.11 Å². The van der Waals surface area contributed by atoms with Gasteiger partial charge in [-0.1, -0.05) is 12.5 Å². The average Bonchev–Trinajstić information content (AvgIpc) is 2.86. The monoisotopic (exact) mass is 237 g/mol. The first-order valence-corrected chi connectivity index (χ1v) is 6.27. The second-order valence-electron chi connectivity index (χ2n) is 5.26. The molecule has 4 heteroatoms. The van der Waals surface area contributed by atoms with Crippen molar-refractivity contribution < 1.29 is 14.7 Å². The number of nitrogens with zero attached hydrogens (tertiary/aromatic N) is 1. The van der Waals surface area contributed by atoms with Crippen molar-refractivity contribution in [2.24, 2.45) is 11.8 Å². The topological polar surface area (TPSA) is 57.6 Å². The van der Waals surface area contributed by atoms with Gasteiger partial charge >= 0.3 is 5.97 Å². The maximum Gasteiger partial charge on any atom is 0.308 e. The third-order valence-electron chi connectivity index (χ3n) is 3.75. The number of aliphatic carboxylic acids is 1. The maximum absolute atomic E-state index is 11.9. The number of carbonyl (C=O) groups excluding carboxylic acids is 1. The summed E-state index contributed by atoms with van der Waals surface area (Å²) in [5, 5.41) is 8.88. The number of hydrogen-bond acceptors (Lipinski definition) is 2. The van der Waals surface area contributed by atoms with E-state index in [0.29, 0.717) is 25.4 Å². The lowest BCUT2D eigenvalue weighted by atomic mass is 10.1. The predicted molar refractivity (Wildman–Crippen MR) is 63.4 cm³/mol. The standard InChI is InChI=1S/C13H19NO3/c1-9-2-3-10(6-9)7-12(15)14-5-4-11(8-14)13(16)17/h7,9,11H,2-6,8H2,1H3,(H,16,17)/b10-7-/t9-,11-/m1/s1. The lowest BCUT2D eigenvalue weighted by molar-refractivity contribution is -0.141. The van der Waals surface area contributed by atoms with Gasteiger partial charge in [0.15, 0.2) is 0 Å². The highest BCUT2D eigenvalue weighted by Gasteiger charge is 2.30. The largest absolute Gasteiger partial charge is 0.481 e. The van der Waals surface area contributed by atoms with Crippen LogP contribution in [0.1, 0.15) is 32.6 Å². The molecule has 0 aromatic heterocycles. The van der Waals surface area contributed by atoms with E-state index in [2.05, 4.69) is 6.92 Å². The number of likely N-dealkylation sites (tertiary alicyclic amines) is 1. The van der Waals surface area contributed by atoms with Crippen molar-refractivity contribution in [2.45, 2.75) is 32.6 Å². The summed E-state index contributed by atoms with van der Waals surface area (Å²) < 4.78 is 0. The van der Waals surface area contributed by atoms with Crippen LogP contribution in [0.2, 0.25) is 0 Å². The Morgan fingerprint density at radius 1 is 1.41 bits per heavy atom. The maximum atomic E-state index is 11.9. The highest BCUT2D eigenvalue weighted by Crippen LogP contribution is 2.29. The molecule has 1 N–H and O–H groups in total. The highest BCUT2D eigenvalue weighted by molar-refractivity contribution is 5.89. The summed E-state index contributed by atoms with van der Waals surface area (Å²) >= 11 is 0. The fourth-order valence-electron chi connectivity index (χ4n) is 2.64. The molecule has 0 radical (unpaired) electrons. The average molecular weight is 237 g/mol. The van der Waals surface area contributed by atoms with Gasteiger partial charge in [0.25, 0.3) is 0 Å². The van der Waals surface area contributed by atoms with E-state index in [0.717, 1.165) is 19.3 Å². The van der Waals surface area contributed by atoms with Crippen molar-refractivity contribution in [3.05, 3.63) is 11.6 Å². The van der Waals surface area contributed by atoms with Crippen molar-refractivity contribution in [3.63, 3.8) is 0 Å². The van der Waals surface area contributed by atoms with Crippen LogP contribution in [-0.2, 0) is 9.59 Å². The number of hydrogen-bond donors (Lipinski definition) is 1. The van der Waals surface area contributed by atoms with Gasteiger partial charge in [0.1, 0.15) is 0 Å². The Morgan fingerprint density at radius 3 is 2.71 bits per heavy atom. The Morgan fingerprint density at radius 2 is 2.18 bits per heavy atom. The van der Waals surface area contributed by atoms with Crippen molar-refractivity contribution in [1.29, 1.82) is 0 Å². The smallest absolute Gasteiger partial charge is 0.308 e. The van der Waals surface area contributed by atoms with Gasteiger partial charge < -0.3 is 10.0 Å². The molecule has 4 nitrogen and oxygen atoms in total. The van der Waals surface area contributed by atoms with Crippen LogP contribution in [-0.4, -0.2) is 35.0 Å². The van der Waals surface area contributed by atoms with E-state index < -0.39 is 5.97 Å². The Bertz CT molecular complexity index is 362. The van der Waals surface area contributed by atoms with E-state index in [1.54, 1.807) is 11.0 Å². The zero-order valence-electron chi connectivity index (χ0n) is 10.2. The van der Waals surface area contributed by atoms with Gasteiger partial charge in [-0.3, -0.25) is 9.59 Å². The molecule has 0 spiro atoms. The molecule has 0 aromatic carbocycles. The summed E-state index contributed by atoms with van der Waals surface area (Å²) in [5.41, 5.74) is 1.22. The van der Waals surface area contributed by atoms with Crippen molar-refractivity contribution in [1.82, 2.24) is 4.90 Å². The third kappa shape index (κ3) is 2.87. The van der Waals surface area contributed by atoms with E-state index in [-0.39, 0.29) is 11.8 Å². The Labute approximate surface area is 101 Å². The molecule has 17 heavy (non-hydrogen) atoms. The molecule has 1 saturated heterocycles. The van der Waals surface area contributed by atoms with Crippen LogP contribution in [0, 0.1) is 11.8 Å². The molecule has 1 saturated carbocycles. The summed E-state index contributed by atoms with van der Waals surface area (Å²) in [6, 6.07) is 0. The van der Waals surface area contributed by atoms with E-state index in [1.165, 1.54) is 5.57 Å². The van der Waals surface area contributed by atoms with Crippen LogP contribution in [0.4, 0.5) is 0 Å². The summed E-state index contributed by atoms with van der Waals surface area (Å²) in [6.07, 6.45) is 5.51. The molecule has 2 rings (SSSR count). The minimum Gasteiger partial charge on any atom is -0.481 e. The first-order valence-electron chi connectivity index (χ1n) is 6.27. The number of carboxylic acid groups (broad SMARTS) is 1. The van der Waals surface area contributed by atoms with Crippen LogP contribution in [0.15, 0.2) is 11.6 Å². The minimum atomic E-state index is -0.789. The molecule has 2 atom stereocenters. The predicted octanol–water partition coefficient (Wildman–Crippen LogP) is 1.67. The summed E-state index contributed by atoms with van der Waals surface area (Å²) in [4.78, 5) is 24.4. The minimum absolute atomic E-state index is 0.00199. The molecule has 1 heterocycles. The number of allylic oxidation sites excluding steroid dienone is 1. The summed E-state index contributed by atoms with van der Waals surface area (Å²) in [7, 11) is 0. The molecular formula is C13H19NO3. The van der Waals surface area contributed by atoms with Crippen molar-refractivity contribution in [2.75, 3.05) is 13.1 Å². The Balaban J connectivity index is 1.91. The van der Waals surface area contributed by atoms with Gasteiger partial charge in [-0.05, 0) is 31.6 Å². The molecule has 94 valence electrons. The first-order chi connectivity index (χ1) is 8.06. The highest BCUT2D eigenvalue weighted by atomic mass is 16.4. The molecule has 0 unspecified atom stereocenters. The molecule has 2 fully saturated rings. The van der Waals surface area contributed by atoms with E-state index in [9.17, 15) is 9.59 Å². The molecule has 0 bridgehead atoms. The number of carboxylic acids is 1. The summed E-state index contributed by atoms with van der Waals surface area (Å²) in [6.45, 7) is 3.14. The second kappa shape index (κ2) is 4.90. The van der Waals surface area contributed by atoms with Gasteiger partial charge in [-0.25, -0.2) is 0 Å². The van der Waals surface area contributed by atoms with Gasteiger partial charge in [-0.15, -0.1) is 0 Å². The number of rotatable bonds is 2. The number of carbonyl (C=O) groups is 2. The van der Waals surface area contributed by atoms with Crippen LogP contribution < -0.4 is 0 Å². The second-order valence-corrected chi connectivity index (χ2v) is 5.26. The van der Waals surface area contributed by atoms with E-state index >= 15 is 0 Å². The Hall–Kier alpha value is -1.32. The normalized spacial score (nSPS) is 31.1. The molecule has 2 aliphatic rings. The SMILES string of the molecule is C[C@@H]1CC/C(=C/C(=O)N2CC[C@@H](C(=O)O)C2)C1. The zero-order valence-corrected chi connectivity index (χ0v) is 10.2. The van der Waals surface area contributed by atoms with Crippen molar-refractivity contribution >= 4 is 11.9 Å². The first kappa shape index (κ1) is 12.1. The molecule has 1 aliphatic carbocycles. The van der Waals surface area contributed by atoms with E-state index in [1.807, 2.05) is 0 Å². The fourth-order valence-corrected chi connectivity index (χ4v) is 2.64. The molecular weight excluding hydrogens is 218 g/mol. The fraction of sp³-hybridized carbons (Fsp3) is 0.692. The molecule has 0 aromatic rings. The number of amides is 1. The van der Waals surface area contributed by atoms with Gasteiger partial charge in [0.05, 0.1) is 5.92 Å². The van der Waals surface area contributed by atoms with Crippen LogP contribution in [0.5, 0.6) is 0 Å². The third-order valence-corrected chi connectivity index (χ3v) is 3.75. The van der Waals surface area contributed by atoms with Gasteiger partial charge in [0, 0.05) is 19.2 Å². The summed E-state index contributed by atoms with van der Waals surface area (Å²) in [5.74, 6) is -0.487. The van der Waals surface area contributed by atoms with Gasteiger partial charge in [0.2, 0.25) is 5.91 Å². The Kier molecular flexibility index (Phi) is 3.50. The lowest BCUT2D eigenvalue weighted by Gasteiger charge is -2.13. The quantitative estimate of drug-likeness (QED) is 0.743. The van der Waals surface area contributed by atoms with Crippen LogP contribution in [0.25, 0.3) is 0 Å². The van der Waals surface area contributed by atoms with Crippen LogP contribution >= 0.6 is 0 Å².